The average molecular weight is 572 g/mol. The van der Waals surface area contributed by atoms with Crippen molar-refractivity contribution in [1.29, 1.82) is 0 Å². The highest BCUT2D eigenvalue weighted by molar-refractivity contribution is 6.03. The zero-order chi connectivity index (χ0) is 29.6. The zero-order valence-corrected chi connectivity index (χ0v) is 24.2. The summed E-state index contributed by atoms with van der Waals surface area (Å²) >= 11 is 0. The Morgan fingerprint density at radius 2 is 2.00 bits per heavy atom. The van der Waals surface area contributed by atoms with Gasteiger partial charge in [-0.15, -0.1) is 0 Å². The Morgan fingerprint density at radius 3 is 2.83 bits per heavy atom. The minimum absolute atomic E-state index is 0.170. The molecule has 0 radical (unpaired) electrons. The van der Waals surface area contributed by atoms with Crippen LogP contribution in [0.1, 0.15) is 42.6 Å². The van der Waals surface area contributed by atoms with Crippen LogP contribution in [0.3, 0.4) is 0 Å². The van der Waals surface area contributed by atoms with Crippen LogP contribution in [0.2, 0.25) is 0 Å². The number of benzene rings is 1. The van der Waals surface area contributed by atoms with Gasteiger partial charge in [0.05, 0.1) is 30.4 Å². The fourth-order valence-electron chi connectivity index (χ4n) is 5.25. The lowest BCUT2D eigenvalue weighted by Gasteiger charge is -2.25. The van der Waals surface area contributed by atoms with Gasteiger partial charge in [-0.3, -0.25) is 14.4 Å². The number of fused-ring (bicyclic) bond motifs is 5. The summed E-state index contributed by atoms with van der Waals surface area (Å²) in [6.45, 7) is 7.22. The van der Waals surface area contributed by atoms with Gasteiger partial charge in [-0.25, -0.2) is 9.50 Å². The molecule has 1 aliphatic rings. The number of amides is 3. The molecule has 220 valence electrons. The first-order valence-corrected chi connectivity index (χ1v) is 14.3. The third-order valence-corrected chi connectivity index (χ3v) is 7.25. The van der Waals surface area contributed by atoms with E-state index >= 15 is 0 Å². The molecular weight excluding hydrogens is 534 g/mol. The van der Waals surface area contributed by atoms with Crippen molar-refractivity contribution in [2.45, 2.75) is 46.2 Å². The fraction of sp³-hybridized carbons (Fsp3) is 0.387. The van der Waals surface area contributed by atoms with Gasteiger partial charge < -0.3 is 24.8 Å². The highest BCUT2D eigenvalue weighted by atomic mass is 16.5. The second-order valence-corrected chi connectivity index (χ2v) is 11.0. The molecule has 2 bridgehead atoms. The standard InChI is InChI=1S/C31H37N7O4/c1-21(2)17-26-30(40)33-11-15-36-14-10-32-29(36)23-8-4-9-24(18-23)42-16-6-12-37(20-27(39)35-26)31(41)25-19-34-38-13-5-7-22(3)28(25)38/h4-5,7-10,13-14,18-19,21,26H,6,11-12,15-17,20H2,1-3H3,(H,33,40)(H,35,39)/t26-/m1/s1. The van der Waals surface area contributed by atoms with Crippen LogP contribution in [0, 0.1) is 12.8 Å². The summed E-state index contributed by atoms with van der Waals surface area (Å²) < 4.78 is 9.68. The monoisotopic (exact) mass is 571 g/mol. The Kier molecular flexibility index (Phi) is 8.85. The number of imidazole rings is 1. The van der Waals surface area contributed by atoms with Gasteiger partial charge in [0.25, 0.3) is 5.91 Å². The van der Waals surface area contributed by atoms with Crippen molar-refractivity contribution in [1.82, 2.24) is 34.7 Å². The maximum atomic E-state index is 13.8. The molecule has 0 fully saturated rings. The van der Waals surface area contributed by atoms with Crippen molar-refractivity contribution in [2.24, 2.45) is 5.92 Å². The van der Waals surface area contributed by atoms with Crippen LogP contribution in [0.4, 0.5) is 0 Å². The Balaban J connectivity index is 1.43. The highest BCUT2D eigenvalue weighted by Gasteiger charge is 2.26. The molecule has 1 aliphatic heterocycles. The molecule has 1 atom stereocenters. The van der Waals surface area contributed by atoms with Crippen molar-refractivity contribution in [3.8, 4) is 17.1 Å². The third-order valence-electron chi connectivity index (χ3n) is 7.25. The molecule has 0 aliphatic carbocycles. The van der Waals surface area contributed by atoms with Gasteiger partial charge >= 0.3 is 0 Å². The third kappa shape index (κ3) is 6.62. The molecule has 42 heavy (non-hydrogen) atoms. The number of ether oxygens (including phenoxy) is 1. The van der Waals surface area contributed by atoms with Crippen LogP contribution < -0.4 is 15.4 Å². The number of rotatable bonds is 3. The first-order valence-electron chi connectivity index (χ1n) is 14.3. The maximum absolute atomic E-state index is 13.8. The average Bonchev–Trinajstić information content (AvgIpc) is 3.61. The summed E-state index contributed by atoms with van der Waals surface area (Å²) in [5.41, 5.74) is 2.92. The van der Waals surface area contributed by atoms with E-state index < -0.39 is 11.9 Å². The number of carbonyl (C=O) groups excluding carboxylic acids is 3. The second kappa shape index (κ2) is 12.9. The molecule has 11 heteroatoms. The number of hydrogen-bond donors (Lipinski definition) is 2. The Morgan fingerprint density at radius 1 is 1.14 bits per heavy atom. The zero-order valence-electron chi connectivity index (χ0n) is 24.2. The lowest BCUT2D eigenvalue weighted by atomic mass is 10.0. The Bertz CT molecular complexity index is 1570. The molecule has 5 rings (SSSR count). The number of nitrogens with one attached hydrogen (secondary N) is 2. The molecule has 0 saturated carbocycles. The van der Waals surface area contributed by atoms with E-state index in [9.17, 15) is 14.4 Å². The first-order chi connectivity index (χ1) is 20.3. The maximum Gasteiger partial charge on any atom is 0.258 e. The van der Waals surface area contributed by atoms with E-state index in [1.165, 1.54) is 11.1 Å². The number of aromatic nitrogens is 4. The Hall–Kier alpha value is -4.67. The molecule has 0 spiro atoms. The smallest absolute Gasteiger partial charge is 0.258 e. The van der Waals surface area contributed by atoms with Gasteiger partial charge in [0.1, 0.15) is 17.6 Å². The minimum atomic E-state index is -0.727. The van der Waals surface area contributed by atoms with Crippen molar-refractivity contribution >= 4 is 23.2 Å². The fourth-order valence-corrected chi connectivity index (χ4v) is 5.25. The summed E-state index contributed by atoms with van der Waals surface area (Å²) in [6.07, 6.45) is 7.88. The normalized spacial score (nSPS) is 17.1. The summed E-state index contributed by atoms with van der Waals surface area (Å²) in [5.74, 6) is 0.658. The molecule has 3 amide bonds. The van der Waals surface area contributed by atoms with E-state index in [2.05, 4.69) is 20.7 Å². The molecule has 2 N–H and O–H groups in total. The predicted octanol–water partition coefficient (Wildman–Crippen LogP) is 3.08. The van der Waals surface area contributed by atoms with E-state index in [1.54, 1.807) is 16.9 Å². The van der Waals surface area contributed by atoms with Crippen LogP contribution >= 0.6 is 0 Å². The summed E-state index contributed by atoms with van der Waals surface area (Å²) in [7, 11) is 0. The summed E-state index contributed by atoms with van der Waals surface area (Å²) in [5, 5.41) is 10.2. The Labute approximate surface area is 244 Å². The van der Waals surface area contributed by atoms with E-state index in [4.69, 9.17) is 4.74 Å². The lowest BCUT2D eigenvalue weighted by molar-refractivity contribution is -0.129. The summed E-state index contributed by atoms with van der Waals surface area (Å²) in [6, 6.07) is 10.7. The van der Waals surface area contributed by atoms with Gasteiger partial charge in [0.15, 0.2) is 0 Å². The minimum Gasteiger partial charge on any atom is -0.494 e. The van der Waals surface area contributed by atoms with Crippen LogP contribution in [0.25, 0.3) is 16.9 Å². The van der Waals surface area contributed by atoms with Crippen molar-refractivity contribution in [3.05, 3.63) is 72.3 Å². The van der Waals surface area contributed by atoms with E-state index in [-0.39, 0.29) is 30.8 Å². The predicted molar refractivity (Wildman–Crippen MR) is 158 cm³/mol. The quantitative estimate of drug-likeness (QED) is 0.390. The van der Waals surface area contributed by atoms with E-state index in [0.29, 0.717) is 49.4 Å². The van der Waals surface area contributed by atoms with Crippen molar-refractivity contribution in [3.63, 3.8) is 0 Å². The van der Waals surface area contributed by atoms with E-state index in [1.807, 2.05) is 67.9 Å². The van der Waals surface area contributed by atoms with Crippen LogP contribution in [0.5, 0.6) is 5.75 Å². The molecule has 4 aromatic rings. The first kappa shape index (κ1) is 28.8. The second-order valence-electron chi connectivity index (χ2n) is 11.0. The number of carbonyl (C=O) groups is 3. The molecular formula is C31H37N7O4. The topological polar surface area (TPSA) is 123 Å². The molecule has 0 saturated heterocycles. The van der Waals surface area contributed by atoms with Crippen molar-refractivity contribution < 1.29 is 19.1 Å². The lowest BCUT2D eigenvalue weighted by Crippen LogP contribution is -2.51. The number of nitrogens with zero attached hydrogens (tertiary/aromatic N) is 5. The number of pyridine rings is 1. The van der Waals surface area contributed by atoms with Crippen LogP contribution in [-0.2, 0) is 16.1 Å². The number of hydrogen-bond acceptors (Lipinski definition) is 6. The molecule has 0 unspecified atom stereocenters. The van der Waals surface area contributed by atoms with Gasteiger partial charge in [-0.1, -0.05) is 32.0 Å². The van der Waals surface area contributed by atoms with Crippen molar-refractivity contribution in [2.75, 3.05) is 26.2 Å². The summed E-state index contributed by atoms with van der Waals surface area (Å²) in [4.78, 5) is 46.4. The van der Waals surface area contributed by atoms with Gasteiger partial charge in [-0.2, -0.15) is 5.10 Å². The highest BCUT2D eigenvalue weighted by Crippen LogP contribution is 2.23. The molecule has 1 aromatic carbocycles. The molecule has 3 aromatic heterocycles. The van der Waals surface area contributed by atoms with Crippen LogP contribution in [0.15, 0.2) is 61.2 Å². The van der Waals surface area contributed by atoms with Crippen LogP contribution in [-0.4, -0.2) is 74.1 Å². The molecule has 4 heterocycles. The van der Waals surface area contributed by atoms with Gasteiger partial charge in [0.2, 0.25) is 11.8 Å². The van der Waals surface area contributed by atoms with Gasteiger partial charge in [-0.05, 0) is 49.4 Å². The SMILES string of the molecule is Cc1cccn2ncc(C(=O)N3CCCOc4cccc(c4)-c4nccn4CCNC(=O)[C@@H](CC(C)C)NC(=O)C3)c12. The largest absolute Gasteiger partial charge is 0.494 e. The number of aryl methyl sites for hydroxylation is 1. The molecule has 11 nitrogen and oxygen atoms in total. The van der Waals surface area contributed by atoms with E-state index in [0.717, 1.165) is 17.0 Å². The van der Waals surface area contributed by atoms with Gasteiger partial charge in [0, 0.05) is 43.8 Å².